The second-order valence-electron chi connectivity index (χ2n) is 4.29. The monoisotopic (exact) mass is 226 g/mol. The Labute approximate surface area is 97.9 Å². The number of rotatable bonds is 7. The maximum atomic E-state index is 11.6. The number of hydrogen-bond acceptors (Lipinski definition) is 3. The lowest BCUT2D eigenvalue weighted by Crippen LogP contribution is -2.14. The van der Waals surface area contributed by atoms with Crippen molar-refractivity contribution < 1.29 is 14.3 Å². The summed E-state index contributed by atoms with van der Waals surface area (Å²) in [5, 5.41) is 0. The van der Waals surface area contributed by atoms with Crippen LogP contribution in [0.15, 0.2) is 11.6 Å². The maximum absolute atomic E-state index is 11.6. The van der Waals surface area contributed by atoms with Crippen LogP contribution in [0.1, 0.15) is 47.0 Å². The molecule has 0 saturated carbocycles. The van der Waals surface area contributed by atoms with E-state index in [0.717, 1.165) is 19.3 Å². The molecule has 3 nitrogen and oxygen atoms in total. The number of unbranched alkanes of at least 4 members (excludes halogenated alkanes) is 1. The van der Waals surface area contributed by atoms with Crippen LogP contribution in [0.3, 0.4) is 0 Å². The highest BCUT2D eigenvalue weighted by Crippen LogP contribution is 2.08. The van der Waals surface area contributed by atoms with Crippen LogP contribution >= 0.6 is 0 Å². The molecule has 0 amide bonds. The SMILES string of the molecule is CCCCOC(=O)C(=CCC(C)C)C(C)=O. The standard InChI is InChI=1S/C13H22O3/c1-5-6-9-16-13(15)12(11(4)14)8-7-10(2)3/h8,10H,5-7,9H2,1-4H3. The predicted molar refractivity (Wildman–Crippen MR) is 64.1 cm³/mol. The van der Waals surface area contributed by atoms with Gasteiger partial charge in [0.2, 0.25) is 0 Å². The molecule has 0 aromatic rings. The van der Waals surface area contributed by atoms with Crippen molar-refractivity contribution in [1.82, 2.24) is 0 Å². The van der Waals surface area contributed by atoms with Crippen molar-refractivity contribution in [2.75, 3.05) is 6.61 Å². The Morgan fingerprint density at radius 3 is 2.38 bits per heavy atom. The van der Waals surface area contributed by atoms with E-state index in [0.29, 0.717) is 12.5 Å². The maximum Gasteiger partial charge on any atom is 0.341 e. The topological polar surface area (TPSA) is 43.4 Å². The Hall–Kier alpha value is -1.12. The molecule has 0 aliphatic heterocycles. The van der Waals surface area contributed by atoms with Crippen molar-refractivity contribution in [3.8, 4) is 0 Å². The summed E-state index contributed by atoms with van der Waals surface area (Å²) in [7, 11) is 0. The third kappa shape index (κ3) is 6.38. The molecule has 0 heterocycles. The molecule has 0 radical (unpaired) electrons. The third-order valence-corrected chi connectivity index (χ3v) is 2.12. The highest BCUT2D eigenvalue weighted by Gasteiger charge is 2.15. The van der Waals surface area contributed by atoms with Crippen LogP contribution in [0.4, 0.5) is 0 Å². The fraction of sp³-hybridized carbons (Fsp3) is 0.692. The van der Waals surface area contributed by atoms with Crippen molar-refractivity contribution in [2.24, 2.45) is 5.92 Å². The molecule has 0 unspecified atom stereocenters. The zero-order chi connectivity index (χ0) is 12.6. The largest absolute Gasteiger partial charge is 0.462 e. The Balaban J connectivity index is 4.36. The Morgan fingerprint density at radius 1 is 1.31 bits per heavy atom. The highest BCUT2D eigenvalue weighted by atomic mass is 16.5. The molecule has 0 saturated heterocycles. The van der Waals surface area contributed by atoms with Crippen LogP contribution in [-0.4, -0.2) is 18.4 Å². The van der Waals surface area contributed by atoms with Gasteiger partial charge in [-0.3, -0.25) is 4.79 Å². The van der Waals surface area contributed by atoms with E-state index in [-0.39, 0.29) is 11.4 Å². The molecular formula is C13H22O3. The molecular weight excluding hydrogens is 204 g/mol. The molecule has 16 heavy (non-hydrogen) atoms. The summed E-state index contributed by atoms with van der Waals surface area (Å²) in [5.41, 5.74) is 0.185. The van der Waals surface area contributed by atoms with Crippen molar-refractivity contribution in [2.45, 2.75) is 47.0 Å². The minimum absolute atomic E-state index is 0.185. The van der Waals surface area contributed by atoms with Gasteiger partial charge in [0.25, 0.3) is 0 Å². The van der Waals surface area contributed by atoms with Crippen molar-refractivity contribution in [3.63, 3.8) is 0 Å². The summed E-state index contributed by atoms with van der Waals surface area (Å²) in [5.74, 6) is -0.276. The summed E-state index contributed by atoms with van der Waals surface area (Å²) in [4.78, 5) is 22.8. The van der Waals surface area contributed by atoms with Gasteiger partial charge in [-0.05, 0) is 25.7 Å². The Kier molecular flexibility index (Phi) is 7.52. The van der Waals surface area contributed by atoms with Gasteiger partial charge in [-0.15, -0.1) is 0 Å². The van der Waals surface area contributed by atoms with Crippen LogP contribution < -0.4 is 0 Å². The second-order valence-corrected chi connectivity index (χ2v) is 4.29. The normalized spacial score (nSPS) is 11.7. The van der Waals surface area contributed by atoms with Crippen molar-refractivity contribution in [3.05, 3.63) is 11.6 Å². The average molecular weight is 226 g/mol. The van der Waals surface area contributed by atoms with E-state index in [2.05, 4.69) is 0 Å². The van der Waals surface area contributed by atoms with Crippen molar-refractivity contribution >= 4 is 11.8 Å². The minimum Gasteiger partial charge on any atom is -0.462 e. The number of carbonyl (C=O) groups excluding carboxylic acids is 2. The van der Waals surface area contributed by atoms with Gasteiger partial charge < -0.3 is 4.74 Å². The first-order chi connectivity index (χ1) is 7.49. The Morgan fingerprint density at radius 2 is 1.94 bits per heavy atom. The van der Waals surface area contributed by atoms with Gasteiger partial charge in [0, 0.05) is 0 Å². The second kappa shape index (κ2) is 8.08. The summed E-state index contributed by atoms with van der Waals surface area (Å²) in [6.07, 6.45) is 4.21. The van der Waals surface area contributed by atoms with Gasteiger partial charge in [0.15, 0.2) is 5.78 Å². The molecule has 0 aliphatic carbocycles. The molecule has 0 N–H and O–H groups in total. The summed E-state index contributed by atoms with van der Waals surface area (Å²) in [6.45, 7) is 7.89. The fourth-order valence-electron chi connectivity index (χ4n) is 1.11. The molecule has 0 aromatic heterocycles. The quantitative estimate of drug-likeness (QED) is 0.220. The van der Waals surface area contributed by atoms with Crippen LogP contribution in [0.25, 0.3) is 0 Å². The summed E-state index contributed by atoms with van der Waals surface area (Å²) in [6, 6.07) is 0. The van der Waals surface area contributed by atoms with E-state index in [1.807, 2.05) is 20.8 Å². The molecule has 0 rings (SSSR count). The van der Waals surface area contributed by atoms with Gasteiger partial charge in [0.05, 0.1) is 12.2 Å². The van der Waals surface area contributed by atoms with Crippen LogP contribution in [0, 0.1) is 5.92 Å². The van der Waals surface area contributed by atoms with Gasteiger partial charge in [-0.2, -0.15) is 0 Å². The fourth-order valence-corrected chi connectivity index (χ4v) is 1.11. The lowest BCUT2D eigenvalue weighted by molar-refractivity contribution is -0.140. The van der Waals surface area contributed by atoms with Gasteiger partial charge in [0.1, 0.15) is 0 Å². The van der Waals surface area contributed by atoms with E-state index in [4.69, 9.17) is 4.74 Å². The van der Waals surface area contributed by atoms with E-state index in [9.17, 15) is 9.59 Å². The van der Waals surface area contributed by atoms with Gasteiger partial charge in [-0.1, -0.05) is 33.3 Å². The number of esters is 1. The summed E-state index contributed by atoms with van der Waals surface area (Å²) < 4.78 is 5.01. The highest BCUT2D eigenvalue weighted by molar-refractivity contribution is 6.16. The van der Waals surface area contributed by atoms with Gasteiger partial charge in [-0.25, -0.2) is 4.79 Å². The first-order valence-electron chi connectivity index (χ1n) is 5.87. The zero-order valence-corrected chi connectivity index (χ0v) is 10.7. The minimum atomic E-state index is -0.485. The predicted octanol–water partition coefficient (Wildman–Crippen LogP) is 2.89. The molecule has 0 aliphatic rings. The smallest absolute Gasteiger partial charge is 0.341 e. The van der Waals surface area contributed by atoms with E-state index < -0.39 is 5.97 Å². The Bertz CT molecular complexity index is 264. The van der Waals surface area contributed by atoms with E-state index in [1.165, 1.54) is 6.92 Å². The lowest BCUT2D eigenvalue weighted by Gasteiger charge is -2.06. The number of ketones is 1. The molecule has 3 heteroatoms. The summed E-state index contributed by atoms with van der Waals surface area (Å²) >= 11 is 0. The molecule has 0 aromatic carbocycles. The van der Waals surface area contributed by atoms with Crippen molar-refractivity contribution in [1.29, 1.82) is 0 Å². The molecule has 0 spiro atoms. The average Bonchev–Trinajstić information content (AvgIpc) is 2.17. The van der Waals surface area contributed by atoms with Crippen LogP contribution in [0.5, 0.6) is 0 Å². The number of hydrogen-bond donors (Lipinski definition) is 0. The third-order valence-electron chi connectivity index (χ3n) is 2.12. The number of Topliss-reactive ketones (excluding diaryl/α,β-unsaturated/α-hetero) is 1. The first kappa shape index (κ1) is 14.9. The van der Waals surface area contributed by atoms with Crippen LogP contribution in [0.2, 0.25) is 0 Å². The molecule has 92 valence electrons. The lowest BCUT2D eigenvalue weighted by atomic mass is 10.1. The first-order valence-corrected chi connectivity index (χ1v) is 5.87. The van der Waals surface area contributed by atoms with Crippen LogP contribution in [-0.2, 0) is 14.3 Å². The number of carbonyl (C=O) groups is 2. The van der Waals surface area contributed by atoms with Gasteiger partial charge >= 0.3 is 5.97 Å². The number of ether oxygens (including phenoxy) is 1. The van der Waals surface area contributed by atoms with E-state index in [1.54, 1.807) is 6.08 Å². The molecule has 0 fully saturated rings. The van der Waals surface area contributed by atoms with E-state index >= 15 is 0 Å². The zero-order valence-electron chi connectivity index (χ0n) is 10.7. The molecule has 0 bridgehead atoms. The number of allylic oxidation sites excluding steroid dienone is 1. The molecule has 0 atom stereocenters.